The van der Waals surface area contributed by atoms with Crippen molar-refractivity contribution in [2.75, 3.05) is 6.54 Å². The fraction of sp³-hybridized carbons (Fsp3) is 0.533. The lowest BCUT2D eigenvalue weighted by molar-refractivity contribution is 0.1000. The highest BCUT2D eigenvalue weighted by Crippen LogP contribution is 2.21. The summed E-state index contributed by atoms with van der Waals surface area (Å²) in [6.45, 7) is 7.53. The van der Waals surface area contributed by atoms with Gasteiger partial charge >= 0.3 is 0 Å². The second-order valence-electron chi connectivity index (χ2n) is 5.89. The number of hydrogen-bond donors (Lipinski definition) is 3. The van der Waals surface area contributed by atoms with Gasteiger partial charge in [-0.1, -0.05) is 26.0 Å². The zero-order valence-electron chi connectivity index (χ0n) is 11.9. The van der Waals surface area contributed by atoms with E-state index in [-0.39, 0.29) is 11.5 Å². The Labute approximate surface area is 115 Å². The lowest BCUT2D eigenvalue weighted by atomic mass is 9.87. The van der Waals surface area contributed by atoms with Crippen LogP contribution in [0.1, 0.15) is 43.1 Å². The molecule has 0 aliphatic heterocycles. The summed E-state index contributed by atoms with van der Waals surface area (Å²) in [7, 11) is 0. The zero-order valence-corrected chi connectivity index (χ0v) is 11.9. The fourth-order valence-corrected chi connectivity index (χ4v) is 2.25. The molecule has 4 N–H and O–H groups in total. The van der Waals surface area contributed by atoms with Crippen LogP contribution in [0.2, 0.25) is 0 Å². The first-order valence-corrected chi connectivity index (χ1v) is 6.58. The molecule has 1 aromatic rings. The number of nitrogens with one attached hydrogen (secondary N) is 1. The monoisotopic (exact) mass is 264 g/mol. The summed E-state index contributed by atoms with van der Waals surface area (Å²) in [6.07, 6.45) is 0.455. The van der Waals surface area contributed by atoms with Gasteiger partial charge < -0.3 is 16.2 Å². The summed E-state index contributed by atoms with van der Waals surface area (Å²) in [5.74, 6) is -0.406. The minimum Gasteiger partial charge on any atom is -0.393 e. The predicted octanol–water partition coefficient (Wildman–Crippen LogP) is 1.67. The lowest BCUT2D eigenvalue weighted by Crippen LogP contribution is -2.31. The van der Waals surface area contributed by atoms with E-state index in [0.29, 0.717) is 12.1 Å². The molecular formula is C15H24N2O2. The Hall–Kier alpha value is -1.39. The maximum atomic E-state index is 11.1. The van der Waals surface area contributed by atoms with Crippen molar-refractivity contribution in [1.82, 2.24) is 5.32 Å². The minimum atomic E-state index is -0.406. The van der Waals surface area contributed by atoms with Gasteiger partial charge in [-0.2, -0.15) is 0 Å². The Morgan fingerprint density at radius 1 is 1.47 bits per heavy atom. The molecule has 1 unspecified atom stereocenters. The molecule has 0 heterocycles. The van der Waals surface area contributed by atoms with Crippen LogP contribution in [-0.4, -0.2) is 23.7 Å². The molecule has 0 aliphatic carbocycles. The summed E-state index contributed by atoms with van der Waals surface area (Å²) in [5.41, 5.74) is 6.85. The number of carbonyl (C=O) groups is 1. The maximum absolute atomic E-state index is 11.1. The van der Waals surface area contributed by atoms with Crippen LogP contribution in [0.3, 0.4) is 0 Å². The lowest BCUT2D eigenvalue weighted by Gasteiger charge is -2.26. The number of primary amides is 1. The van der Waals surface area contributed by atoms with Crippen molar-refractivity contribution < 1.29 is 9.90 Å². The number of nitrogens with two attached hydrogens (primary N) is 1. The van der Waals surface area contributed by atoms with Crippen molar-refractivity contribution in [2.45, 2.75) is 39.8 Å². The molecule has 4 heteroatoms. The standard InChI is InChI=1S/C15H24N2O2/c1-11(18)8-15(2,3)10-17-9-12-5-4-6-13(7-12)14(16)19/h4-7,11,17-18H,8-10H2,1-3H3,(H2,16,19). The predicted molar refractivity (Wildman–Crippen MR) is 76.7 cm³/mol. The second-order valence-corrected chi connectivity index (χ2v) is 5.89. The Balaban J connectivity index is 2.49. The van der Waals surface area contributed by atoms with Gasteiger partial charge in [0.1, 0.15) is 0 Å². The summed E-state index contributed by atoms with van der Waals surface area (Å²) in [4.78, 5) is 11.1. The molecule has 1 amide bonds. The van der Waals surface area contributed by atoms with Crippen LogP contribution in [0.5, 0.6) is 0 Å². The second kappa shape index (κ2) is 6.68. The normalized spacial score (nSPS) is 13.3. The number of carbonyl (C=O) groups excluding carboxylic acids is 1. The zero-order chi connectivity index (χ0) is 14.5. The van der Waals surface area contributed by atoms with Crippen LogP contribution < -0.4 is 11.1 Å². The summed E-state index contributed by atoms with van der Waals surface area (Å²) >= 11 is 0. The SMILES string of the molecule is CC(O)CC(C)(C)CNCc1cccc(C(N)=O)c1. The van der Waals surface area contributed by atoms with E-state index in [1.165, 1.54) is 0 Å². The number of benzene rings is 1. The number of amides is 1. The van der Waals surface area contributed by atoms with Crippen molar-refractivity contribution in [3.05, 3.63) is 35.4 Å². The molecule has 0 saturated carbocycles. The molecule has 0 bridgehead atoms. The van der Waals surface area contributed by atoms with E-state index in [1.807, 2.05) is 12.1 Å². The first-order chi connectivity index (χ1) is 8.80. The van der Waals surface area contributed by atoms with Gasteiger partial charge in [-0.25, -0.2) is 0 Å². The molecule has 0 aromatic heterocycles. The topological polar surface area (TPSA) is 75.3 Å². The highest BCUT2D eigenvalue weighted by Gasteiger charge is 2.19. The molecule has 0 spiro atoms. The highest BCUT2D eigenvalue weighted by molar-refractivity contribution is 5.92. The van der Waals surface area contributed by atoms with Crippen LogP contribution in [0.15, 0.2) is 24.3 Å². The van der Waals surface area contributed by atoms with E-state index < -0.39 is 5.91 Å². The maximum Gasteiger partial charge on any atom is 0.248 e. The first-order valence-electron chi connectivity index (χ1n) is 6.58. The Morgan fingerprint density at radius 2 is 2.16 bits per heavy atom. The van der Waals surface area contributed by atoms with Gasteiger partial charge in [-0.15, -0.1) is 0 Å². The molecule has 0 aliphatic rings. The molecular weight excluding hydrogens is 240 g/mol. The van der Waals surface area contributed by atoms with Crippen LogP contribution in [-0.2, 0) is 6.54 Å². The quantitative estimate of drug-likeness (QED) is 0.701. The Morgan fingerprint density at radius 3 is 2.74 bits per heavy atom. The van der Waals surface area contributed by atoms with Gasteiger partial charge in [0.2, 0.25) is 5.91 Å². The van der Waals surface area contributed by atoms with Crippen molar-refractivity contribution >= 4 is 5.91 Å². The van der Waals surface area contributed by atoms with E-state index in [0.717, 1.165) is 18.5 Å². The average Bonchev–Trinajstić information content (AvgIpc) is 2.27. The van der Waals surface area contributed by atoms with Crippen LogP contribution in [0.25, 0.3) is 0 Å². The summed E-state index contributed by atoms with van der Waals surface area (Å²) < 4.78 is 0. The average molecular weight is 264 g/mol. The third-order valence-electron chi connectivity index (χ3n) is 2.99. The third kappa shape index (κ3) is 5.85. The van der Waals surface area contributed by atoms with E-state index in [9.17, 15) is 9.90 Å². The van der Waals surface area contributed by atoms with Gasteiger partial charge in [0.25, 0.3) is 0 Å². The number of hydrogen-bond acceptors (Lipinski definition) is 3. The van der Waals surface area contributed by atoms with Crippen molar-refractivity contribution in [3.63, 3.8) is 0 Å². The molecule has 0 radical (unpaired) electrons. The van der Waals surface area contributed by atoms with Crippen molar-refractivity contribution in [3.8, 4) is 0 Å². The van der Waals surface area contributed by atoms with Crippen molar-refractivity contribution in [2.24, 2.45) is 11.1 Å². The highest BCUT2D eigenvalue weighted by atomic mass is 16.3. The van der Waals surface area contributed by atoms with Gasteiger partial charge in [0.05, 0.1) is 6.10 Å². The third-order valence-corrected chi connectivity index (χ3v) is 2.99. The smallest absolute Gasteiger partial charge is 0.248 e. The minimum absolute atomic E-state index is 0.0372. The van der Waals surface area contributed by atoms with Gasteiger partial charge in [0, 0.05) is 18.7 Å². The van der Waals surface area contributed by atoms with Crippen molar-refractivity contribution in [1.29, 1.82) is 0 Å². The van der Waals surface area contributed by atoms with Gasteiger partial charge in [-0.3, -0.25) is 4.79 Å². The molecule has 1 atom stereocenters. The Kier molecular flexibility index (Phi) is 5.51. The first kappa shape index (κ1) is 15.7. The molecule has 1 rings (SSSR count). The van der Waals surface area contributed by atoms with Crippen LogP contribution in [0, 0.1) is 5.41 Å². The summed E-state index contributed by atoms with van der Waals surface area (Å²) in [5, 5.41) is 12.8. The van der Waals surface area contributed by atoms with E-state index in [4.69, 9.17) is 5.73 Å². The largest absolute Gasteiger partial charge is 0.393 e. The molecule has 4 nitrogen and oxygen atoms in total. The number of aliphatic hydroxyl groups is 1. The van der Waals surface area contributed by atoms with E-state index in [2.05, 4.69) is 19.2 Å². The van der Waals surface area contributed by atoms with Gasteiger partial charge in [-0.05, 0) is 36.5 Å². The van der Waals surface area contributed by atoms with Crippen LogP contribution >= 0.6 is 0 Å². The fourth-order valence-electron chi connectivity index (χ4n) is 2.25. The summed E-state index contributed by atoms with van der Waals surface area (Å²) in [6, 6.07) is 7.30. The van der Waals surface area contributed by atoms with E-state index in [1.54, 1.807) is 19.1 Å². The molecule has 0 fully saturated rings. The Bertz CT molecular complexity index is 428. The van der Waals surface area contributed by atoms with Crippen LogP contribution in [0.4, 0.5) is 0 Å². The number of aliphatic hydroxyl groups excluding tert-OH is 1. The molecule has 1 aromatic carbocycles. The molecule has 19 heavy (non-hydrogen) atoms. The number of rotatable bonds is 7. The van der Waals surface area contributed by atoms with Gasteiger partial charge in [0.15, 0.2) is 0 Å². The molecule has 0 saturated heterocycles. The molecule has 106 valence electrons. The van der Waals surface area contributed by atoms with E-state index >= 15 is 0 Å².